The van der Waals surface area contributed by atoms with E-state index < -0.39 is 0 Å². The van der Waals surface area contributed by atoms with E-state index in [1.807, 2.05) is 31.4 Å². The van der Waals surface area contributed by atoms with Crippen molar-refractivity contribution in [3.63, 3.8) is 0 Å². The van der Waals surface area contributed by atoms with Gasteiger partial charge in [-0.25, -0.2) is 0 Å². The molecule has 0 radical (unpaired) electrons. The highest BCUT2D eigenvalue weighted by Gasteiger charge is 2.22. The minimum absolute atomic E-state index is 0. The monoisotopic (exact) mass is 523 g/mol. The Labute approximate surface area is 197 Å². The number of aromatic nitrogens is 1. The van der Waals surface area contributed by atoms with E-state index in [0.717, 1.165) is 44.3 Å². The lowest BCUT2D eigenvalue weighted by Crippen LogP contribution is -2.44. The molecule has 1 aliphatic rings. The fourth-order valence-electron chi connectivity index (χ4n) is 3.80. The summed E-state index contributed by atoms with van der Waals surface area (Å²) in [4.78, 5) is 11.2. The number of aliphatic imine (C=N–C) groups is 1. The zero-order chi connectivity index (χ0) is 20.3. The van der Waals surface area contributed by atoms with Crippen molar-refractivity contribution in [3.05, 3.63) is 59.9 Å². The highest BCUT2D eigenvalue weighted by atomic mass is 127. The summed E-state index contributed by atoms with van der Waals surface area (Å²) in [5.41, 5.74) is 2.53. The smallest absolute Gasteiger partial charge is 0.191 e. The van der Waals surface area contributed by atoms with Crippen LogP contribution in [0.2, 0.25) is 0 Å². The molecule has 30 heavy (non-hydrogen) atoms. The standard InChI is InChI=1S/C23H33N5O.HI/c1-24-23(26-14-12-19-7-6-13-25-17-19)27-18-22(28-15-4-3-5-16-28)20-8-10-21(29-2)11-9-20;/h6-11,13,17,22H,3-5,12,14-16,18H2,1-2H3,(H2,24,26,27);1H. The van der Waals surface area contributed by atoms with Gasteiger partial charge in [0.25, 0.3) is 0 Å². The van der Waals surface area contributed by atoms with E-state index in [-0.39, 0.29) is 24.0 Å². The molecule has 2 N–H and O–H groups in total. The maximum Gasteiger partial charge on any atom is 0.191 e. The average Bonchev–Trinajstić information content (AvgIpc) is 2.80. The van der Waals surface area contributed by atoms with Gasteiger partial charge in [-0.3, -0.25) is 14.9 Å². The third kappa shape index (κ3) is 7.43. The number of nitrogens with zero attached hydrogens (tertiary/aromatic N) is 3. The van der Waals surface area contributed by atoms with Gasteiger partial charge in [-0.1, -0.05) is 24.6 Å². The van der Waals surface area contributed by atoms with Gasteiger partial charge in [0, 0.05) is 32.5 Å². The first-order valence-corrected chi connectivity index (χ1v) is 10.5. The first-order valence-electron chi connectivity index (χ1n) is 10.5. The van der Waals surface area contributed by atoms with Gasteiger partial charge >= 0.3 is 0 Å². The predicted octanol–water partition coefficient (Wildman–Crippen LogP) is 3.64. The van der Waals surface area contributed by atoms with Crippen LogP contribution in [0.5, 0.6) is 5.75 Å². The lowest BCUT2D eigenvalue weighted by atomic mass is 10.0. The van der Waals surface area contributed by atoms with Crippen molar-refractivity contribution in [1.82, 2.24) is 20.5 Å². The first kappa shape index (κ1) is 24.4. The molecule has 1 aliphatic heterocycles. The van der Waals surface area contributed by atoms with Crippen LogP contribution in [0.1, 0.15) is 36.4 Å². The second-order valence-electron chi connectivity index (χ2n) is 7.38. The van der Waals surface area contributed by atoms with Crippen molar-refractivity contribution in [1.29, 1.82) is 0 Å². The molecule has 1 fully saturated rings. The van der Waals surface area contributed by atoms with Gasteiger partial charge in [0.1, 0.15) is 5.75 Å². The SMILES string of the molecule is CN=C(NCCc1cccnc1)NCC(c1ccc(OC)cc1)N1CCCCC1.I. The van der Waals surface area contributed by atoms with Gasteiger partial charge in [0.05, 0.1) is 13.2 Å². The average molecular weight is 523 g/mol. The number of hydrogen-bond acceptors (Lipinski definition) is 4. The van der Waals surface area contributed by atoms with E-state index in [4.69, 9.17) is 4.74 Å². The highest BCUT2D eigenvalue weighted by Crippen LogP contribution is 2.25. The van der Waals surface area contributed by atoms with E-state index in [1.165, 1.54) is 30.4 Å². The molecular formula is C23H34IN5O. The molecule has 7 heteroatoms. The van der Waals surface area contributed by atoms with Crippen molar-refractivity contribution >= 4 is 29.9 Å². The molecule has 0 spiro atoms. The van der Waals surface area contributed by atoms with Crippen LogP contribution in [0.15, 0.2) is 53.8 Å². The Morgan fingerprint density at radius 1 is 1.13 bits per heavy atom. The van der Waals surface area contributed by atoms with Crippen LogP contribution in [0.3, 0.4) is 0 Å². The number of guanidine groups is 1. The molecule has 1 aromatic heterocycles. The number of benzene rings is 1. The summed E-state index contributed by atoms with van der Waals surface area (Å²) in [6.07, 6.45) is 8.50. The first-order chi connectivity index (χ1) is 14.3. The number of pyridine rings is 1. The molecule has 2 heterocycles. The van der Waals surface area contributed by atoms with Gasteiger partial charge in [-0.15, -0.1) is 24.0 Å². The predicted molar refractivity (Wildman–Crippen MR) is 134 cm³/mol. The van der Waals surface area contributed by atoms with Crippen molar-refractivity contribution in [2.45, 2.75) is 31.7 Å². The topological polar surface area (TPSA) is 61.8 Å². The Balaban J connectivity index is 0.00000320. The summed E-state index contributed by atoms with van der Waals surface area (Å²) in [7, 11) is 3.53. The number of nitrogens with one attached hydrogen (secondary N) is 2. The second-order valence-corrected chi connectivity index (χ2v) is 7.38. The molecule has 3 rings (SSSR count). The number of halogens is 1. The number of piperidine rings is 1. The molecule has 1 aromatic carbocycles. The maximum absolute atomic E-state index is 5.33. The largest absolute Gasteiger partial charge is 0.497 e. The van der Waals surface area contributed by atoms with Crippen LogP contribution >= 0.6 is 24.0 Å². The number of ether oxygens (including phenoxy) is 1. The van der Waals surface area contributed by atoms with Gasteiger partial charge in [-0.2, -0.15) is 0 Å². The van der Waals surface area contributed by atoms with Gasteiger partial charge < -0.3 is 15.4 Å². The Morgan fingerprint density at radius 2 is 1.90 bits per heavy atom. The zero-order valence-corrected chi connectivity index (χ0v) is 20.3. The Morgan fingerprint density at radius 3 is 2.53 bits per heavy atom. The Bertz CT molecular complexity index is 748. The molecule has 164 valence electrons. The number of hydrogen-bond donors (Lipinski definition) is 2. The molecule has 1 atom stereocenters. The molecule has 0 saturated carbocycles. The maximum atomic E-state index is 5.33. The van der Waals surface area contributed by atoms with Gasteiger partial charge in [0.15, 0.2) is 5.96 Å². The van der Waals surface area contributed by atoms with Crippen molar-refractivity contribution in [2.75, 3.05) is 40.3 Å². The number of methoxy groups -OCH3 is 1. The zero-order valence-electron chi connectivity index (χ0n) is 18.0. The van der Waals surface area contributed by atoms with Crippen molar-refractivity contribution in [3.8, 4) is 5.75 Å². The number of likely N-dealkylation sites (tertiary alicyclic amines) is 1. The molecule has 0 aliphatic carbocycles. The molecule has 1 saturated heterocycles. The Kier molecular flexibility index (Phi) is 10.9. The molecule has 6 nitrogen and oxygen atoms in total. The summed E-state index contributed by atoms with van der Waals surface area (Å²) >= 11 is 0. The van der Waals surface area contributed by atoms with Crippen LogP contribution in [0.4, 0.5) is 0 Å². The second kappa shape index (κ2) is 13.4. The molecular weight excluding hydrogens is 489 g/mol. The van der Waals surface area contributed by atoms with E-state index in [2.05, 4.69) is 43.7 Å². The van der Waals surface area contributed by atoms with Crippen molar-refractivity contribution < 1.29 is 4.74 Å². The fraction of sp³-hybridized carbons (Fsp3) is 0.478. The summed E-state index contributed by atoms with van der Waals surface area (Å²) in [5.74, 6) is 1.73. The summed E-state index contributed by atoms with van der Waals surface area (Å²) in [5, 5.41) is 6.95. The summed E-state index contributed by atoms with van der Waals surface area (Å²) in [6.45, 7) is 3.93. The van der Waals surface area contributed by atoms with Crippen LogP contribution in [-0.4, -0.2) is 56.2 Å². The highest BCUT2D eigenvalue weighted by molar-refractivity contribution is 14.0. The van der Waals surface area contributed by atoms with Crippen molar-refractivity contribution in [2.24, 2.45) is 4.99 Å². The van der Waals surface area contributed by atoms with Gasteiger partial charge in [-0.05, 0) is 61.7 Å². The molecule has 1 unspecified atom stereocenters. The van der Waals surface area contributed by atoms with E-state index in [9.17, 15) is 0 Å². The molecule has 0 bridgehead atoms. The van der Waals surface area contributed by atoms with Crippen LogP contribution in [-0.2, 0) is 6.42 Å². The number of rotatable bonds is 8. The minimum atomic E-state index is 0. The summed E-state index contributed by atoms with van der Waals surface area (Å²) in [6, 6.07) is 12.8. The Hall–Kier alpha value is -1.87. The molecule has 2 aromatic rings. The van der Waals surface area contributed by atoms with Crippen LogP contribution in [0.25, 0.3) is 0 Å². The third-order valence-corrected chi connectivity index (χ3v) is 5.45. The van der Waals surface area contributed by atoms with E-state index >= 15 is 0 Å². The van der Waals surface area contributed by atoms with Gasteiger partial charge in [0.2, 0.25) is 0 Å². The minimum Gasteiger partial charge on any atom is -0.497 e. The lowest BCUT2D eigenvalue weighted by molar-refractivity contribution is 0.164. The third-order valence-electron chi connectivity index (χ3n) is 5.45. The summed E-state index contributed by atoms with van der Waals surface area (Å²) < 4.78 is 5.33. The normalized spacial score (nSPS) is 15.7. The quantitative estimate of drug-likeness (QED) is 0.315. The van der Waals surface area contributed by atoms with E-state index in [0.29, 0.717) is 6.04 Å². The fourth-order valence-corrected chi connectivity index (χ4v) is 3.80. The van der Waals surface area contributed by atoms with Crippen LogP contribution in [0, 0.1) is 0 Å². The van der Waals surface area contributed by atoms with E-state index in [1.54, 1.807) is 13.3 Å². The lowest BCUT2D eigenvalue weighted by Gasteiger charge is -2.35. The molecule has 0 amide bonds. The van der Waals surface area contributed by atoms with Crippen LogP contribution < -0.4 is 15.4 Å².